The molecule has 2 aliphatic heterocycles. The van der Waals surface area contributed by atoms with Gasteiger partial charge >= 0.3 is 0 Å². The van der Waals surface area contributed by atoms with Gasteiger partial charge in [0.25, 0.3) is 0 Å². The number of nitrogens with zero attached hydrogens (tertiary/aromatic N) is 2. The molecule has 0 saturated carbocycles. The summed E-state index contributed by atoms with van der Waals surface area (Å²) in [6.07, 6.45) is 7.83. The molecule has 0 amide bonds. The third kappa shape index (κ3) is 3.82. The van der Waals surface area contributed by atoms with Crippen molar-refractivity contribution >= 4 is 5.84 Å². The quantitative estimate of drug-likeness (QED) is 0.713. The highest BCUT2D eigenvalue weighted by Gasteiger charge is 2.10. The molecule has 2 rings (SSSR count). The molecule has 0 aliphatic carbocycles. The van der Waals surface area contributed by atoms with Crippen LogP contribution < -0.4 is 5.32 Å². The minimum atomic E-state index is 1.04. The molecule has 1 N–H and O–H groups in total. The Bertz CT molecular complexity index is 207. The minimum absolute atomic E-state index is 1.04. The summed E-state index contributed by atoms with van der Waals surface area (Å²) < 4.78 is 0. The van der Waals surface area contributed by atoms with E-state index in [9.17, 15) is 0 Å². The lowest BCUT2D eigenvalue weighted by Gasteiger charge is -2.16. The van der Waals surface area contributed by atoms with Crippen LogP contribution in [0.3, 0.4) is 0 Å². The predicted molar refractivity (Wildman–Crippen MR) is 64.4 cm³/mol. The van der Waals surface area contributed by atoms with E-state index in [0.717, 1.165) is 13.1 Å². The first-order chi connectivity index (χ1) is 7.45. The van der Waals surface area contributed by atoms with E-state index in [-0.39, 0.29) is 0 Å². The van der Waals surface area contributed by atoms with E-state index in [4.69, 9.17) is 0 Å². The Morgan fingerprint density at radius 1 is 1.13 bits per heavy atom. The summed E-state index contributed by atoms with van der Waals surface area (Å²) in [7, 11) is 0. The smallest absolute Gasteiger partial charge is 0.0963 e. The molecule has 0 spiro atoms. The van der Waals surface area contributed by atoms with Crippen molar-refractivity contribution in [3.05, 3.63) is 0 Å². The van der Waals surface area contributed by atoms with Gasteiger partial charge in [-0.05, 0) is 51.7 Å². The highest BCUT2D eigenvalue weighted by atomic mass is 15.1. The lowest BCUT2D eigenvalue weighted by Crippen LogP contribution is -2.29. The molecular formula is C12H23N3. The summed E-state index contributed by atoms with van der Waals surface area (Å²) >= 11 is 0. The van der Waals surface area contributed by atoms with Crippen LogP contribution in [0.5, 0.6) is 0 Å². The van der Waals surface area contributed by atoms with E-state index in [1.807, 2.05) is 0 Å². The summed E-state index contributed by atoms with van der Waals surface area (Å²) in [6.45, 7) is 6.05. The van der Waals surface area contributed by atoms with Crippen molar-refractivity contribution in [3.8, 4) is 0 Å². The second-order valence-corrected chi connectivity index (χ2v) is 4.61. The maximum atomic E-state index is 4.49. The zero-order valence-corrected chi connectivity index (χ0v) is 9.67. The Morgan fingerprint density at radius 2 is 2.00 bits per heavy atom. The summed E-state index contributed by atoms with van der Waals surface area (Å²) in [5.74, 6) is 1.25. The lowest BCUT2D eigenvalue weighted by molar-refractivity contribution is 0.334. The number of likely N-dealkylation sites (tertiary alicyclic amines) is 1. The zero-order chi connectivity index (χ0) is 10.3. The second-order valence-electron chi connectivity index (χ2n) is 4.61. The van der Waals surface area contributed by atoms with Crippen molar-refractivity contribution in [2.24, 2.45) is 4.99 Å². The normalized spacial score (nSPS) is 22.8. The van der Waals surface area contributed by atoms with Gasteiger partial charge in [0.15, 0.2) is 0 Å². The van der Waals surface area contributed by atoms with Crippen molar-refractivity contribution in [2.75, 3.05) is 32.7 Å². The van der Waals surface area contributed by atoms with Gasteiger partial charge in [-0.2, -0.15) is 0 Å². The number of hydrogen-bond acceptors (Lipinski definition) is 3. The molecule has 0 aromatic heterocycles. The monoisotopic (exact) mass is 209 g/mol. The molecule has 1 fully saturated rings. The molecule has 0 radical (unpaired) electrons. The third-order valence-electron chi connectivity index (χ3n) is 3.30. The molecule has 0 aromatic rings. The Balaban J connectivity index is 1.52. The number of aliphatic imine (C=N–C) groups is 1. The molecular weight excluding hydrogens is 186 g/mol. The summed E-state index contributed by atoms with van der Waals surface area (Å²) in [5, 5.41) is 3.47. The van der Waals surface area contributed by atoms with Gasteiger partial charge in [-0.15, -0.1) is 0 Å². The first kappa shape index (κ1) is 10.9. The van der Waals surface area contributed by atoms with E-state index in [1.54, 1.807) is 0 Å². The van der Waals surface area contributed by atoms with Gasteiger partial charge in [0.05, 0.1) is 5.84 Å². The molecule has 0 aromatic carbocycles. The van der Waals surface area contributed by atoms with Crippen molar-refractivity contribution in [2.45, 2.75) is 38.5 Å². The maximum Gasteiger partial charge on any atom is 0.0963 e. The molecule has 3 nitrogen and oxygen atoms in total. The summed E-state index contributed by atoms with van der Waals surface area (Å²) in [5.41, 5.74) is 0. The number of rotatable bonds is 4. The van der Waals surface area contributed by atoms with Gasteiger partial charge in [-0.25, -0.2) is 0 Å². The van der Waals surface area contributed by atoms with Crippen LogP contribution in [-0.2, 0) is 0 Å². The highest BCUT2D eigenvalue weighted by molar-refractivity contribution is 5.82. The summed E-state index contributed by atoms with van der Waals surface area (Å²) in [6, 6.07) is 0. The molecule has 0 atom stereocenters. The number of hydrogen-bond donors (Lipinski definition) is 1. The minimum Gasteiger partial charge on any atom is -0.374 e. The SMILES string of the molecule is C1CCC(NCCCN2CCCC2)=NC1. The molecule has 1 saturated heterocycles. The fourth-order valence-electron chi connectivity index (χ4n) is 2.38. The average molecular weight is 209 g/mol. The van der Waals surface area contributed by atoms with Crippen LogP contribution in [-0.4, -0.2) is 43.5 Å². The predicted octanol–water partition coefficient (Wildman–Crippen LogP) is 1.64. The van der Waals surface area contributed by atoms with Crippen LogP contribution in [0.4, 0.5) is 0 Å². The van der Waals surface area contributed by atoms with Crippen molar-refractivity contribution < 1.29 is 0 Å². The fourth-order valence-corrected chi connectivity index (χ4v) is 2.38. The maximum absolute atomic E-state index is 4.49. The molecule has 2 heterocycles. The van der Waals surface area contributed by atoms with E-state index in [0.29, 0.717) is 0 Å². The van der Waals surface area contributed by atoms with Crippen LogP contribution in [0.15, 0.2) is 4.99 Å². The van der Waals surface area contributed by atoms with Gasteiger partial charge in [0, 0.05) is 19.5 Å². The van der Waals surface area contributed by atoms with Crippen LogP contribution in [0, 0.1) is 0 Å². The topological polar surface area (TPSA) is 27.6 Å². The molecule has 86 valence electrons. The van der Waals surface area contributed by atoms with Crippen LogP contribution in [0.1, 0.15) is 38.5 Å². The molecule has 0 unspecified atom stereocenters. The van der Waals surface area contributed by atoms with Crippen molar-refractivity contribution in [1.82, 2.24) is 10.2 Å². The molecule has 3 heteroatoms. The Morgan fingerprint density at radius 3 is 2.73 bits per heavy atom. The molecule has 15 heavy (non-hydrogen) atoms. The zero-order valence-electron chi connectivity index (χ0n) is 9.67. The number of nitrogens with one attached hydrogen (secondary N) is 1. The van der Waals surface area contributed by atoms with Crippen molar-refractivity contribution in [3.63, 3.8) is 0 Å². The van der Waals surface area contributed by atoms with Gasteiger partial charge in [-0.3, -0.25) is 4.99 Å². The van der Waals surface area contributed by atoms with Crippen LogP contribution in [0.25, 0.3) is 0 Å². The Hall–Kier alpha value is -0.570. The first-order valence-corrected chi connectivity index (χ1v) is 6.45. The fraction of sp³-hybridized carbons (Fsp3) is 0.917. The largest absolute Gasteiger partial charge is 0.374 e. The second kappa shape index (κ2) is 6.11. The first-order valence-electron chi connectivity index (χ1n) is 6.45. The van der Waals surface area contributed by atoms with E-state index in [2.05, 4.69) is 15.2 Å². The average Bonchev–Trinajstić information content (AvgIpc) is 2.79. The lowest BCUT2D eigenvalue weighted by atomic mass is 10.2. The number of amidine groups is 1. The van der Waals surface area contributed by atoms with E-state index < -0.39 is 0 Å². The van der Waals surface area contributed by atoms with Gasteiger partial charge in [-0.1, -0.05) is 0 Å². The highest BCUT2D eigenvalue weighted by Crippen LogP contribution is 2.07. The molecule has 0 bridgehead atoms. The van der Waals surface area contributed by atoms with Crippen LogP contribution >= 0.6 is 0 Å². The summed E-state index contributed by atoms with van der Waals surface area (Å²) in [4.78, 5) is 7.06. The standard InChI is InChI=1S/C12H23N3/c1-2-7-13-12(6-1)14-8-5-11-15-9-3-4-10-15/h1-11H2,(H,13,14). The van der Waals surface area contributed by atoms with Gasteiger partial charge in [0.2, 0.25) is 0 Å². The third-order valence-corrected chi connectivity index (χ3v) is 3.30. The van der Waals surface area contributed by atoms with Gasteiger partial charge in [0.1, 0.15) is 0 Å². The Labute approximate surface area is 92.9 Å². The van der Waals surface area contributed by atoms with E-state index in [1.165, 1.54) is 64.0 Å². The van der Waals surface area contributed by atoms with Gasteiger partial charge < -0.3 is 10.2 Å². The van der Waals surface area contributed by atoms with E-state index >= 15 is 0 Å². The molecule has 2 aliphatic rings. The Kier molecular flexibility index (Phi) is 4.45. The van der Waals surface area contributed by atoms with Crippen LogP contribution in [0.2, 0.25) is 0 Å². The van der Waals surface area contributed by atoms with Crippen molar-refractivity contribution in [1.29, 1.82) is 0 Å².